The molecular weight excluding hydrogens is 441 g/mol. The molecule has 1 aromatic heterocycles. The average Bonchev–Trinajstić information content (AvgIpc) is 2.98. The van der Waals surface area contributed by atoms with E-state index in [9.17, 15) is 21.6 Å². The number of nitrogens with one attached hydrogen (secondary N) is 1. The van der Waals surface area contributed by atoms with Gasteiger partial charge in [0.1, 0.15) is 16.7 Å². The Labute approximate surface area is 178 Å². The molecule has 1 aliphatic heterocycles. The van der Waals surface area contributed by atoms with E-state index >= 15 is 0 Å². The first-order chi connectivity index (χ1) is 13.9. The molecule has 1 N–H and O–H groups in total. The lowest BCUT2D eigenvalue weighted by molar-refractivity contribution is 0.242. The maximum Gasteiger partial charge on any atom is 0.268 e. The molecule has 1 fully saturated rings. The molecule has 3 rings (SSSR count). The molecule has 1 saturated heterocycles. The Morgan fingerprint density at radius 3 is 2.63 bits per heavy atom. The summed E-state index contributed by atoms with van der Waals surface area (Å²) in [5.74, 6) is -4.05. The third-order valence-corrected chi connectivity index (χ3v) is 6.67. The normalized spacial score (nSPS) is 19.5. The van der Waals surface area contributed by atoms with Gasteiger partial charge in [0.05, 0.1) is 5.69 Å². The number of aromatic nitrogens is 1. The predicted octanol–water partition coefficient (Wildman–Crippen LogP) is 3.73. The molecule has 11 heteroatoms. The molecule has 164 valence electrons. The van der Waals surface area contributed by atoms with Crippen LogP contribution in [0, 0.1) is 23.0 Å². The van der Waals surface area contributed by atoms with Crippen molar-refractivity contribution in [3.8, 4) is 0 Å². The first kappa shape index (κ1) is 22.6. The van der Waals surface area contributed by atoms with E-state index in [4.69, 9.17) is 11.6 Å². The summed E-state index contributed by atoms with van der Waals surface area (Å²) in [5.41, 5.74) is -0.00762. The van der Waals surface area contributed by atoms with Gasteiger partial charge in [-0.25, -0.2) is 22.2 Å². The molecule has 2 heterocycles. The summed E-state index contributed by atoms with van der Waals surface area (Å²) in [5, 5.41) is -0.488. The second kappa shape index (κ2) is 8.24. The highest BCUT2D eigenvalue weighted by molar-refractivity contribution is 7.92. The van der Waals surface area contributed by atoms with Gasteiger partial charge in [0.2, 0.25) is 5.95 Å². The fourth-order valence-corrected chi connectivity index (χ4v) is 5.29. The van der Waals surface area contributed by atoms with Crippen LogP contribution in [0.1, 0.15) is 13.3 Å². The molecule has 6 nitrogen and oxygen atoms in total. The number of nitrogens with zero attached hydrogens (tertiary/aromatic N) is 3. The molecule has 0 aliphatic carbocycles. The lowest BCUT2D eigenvalue weighted by Crippen LogP contribution is -2.34. The highest BCUT2D eigenvalue weighted by Gasteiger charge is 2.37. The maximum atomic E-state index is 14.9. The van der Waals surface area contributed by atoms with Crippen molar-refractivity contribution in [1.82, 2.24) is 9.88 Å². The van der Waals surface area contributed by atoms with E-state index in [1.165, 1.54) is 6.07 Å². The SMILES string of the molecule is CN(C)CC1(C)CCN(c2cc(F)c(S(=O)(=O)Nc3cccc(F)n3)c(F)c2Cl)C1. The summed E-state index contributed by atoms with van der Waals surface area (Å²) in [4.78, 5) is 5.88. The van der Waals surface area contributed by atoms with Gasteiger partial charge < -0.3 is 9.80 Å². The molecule has 1 unspecified atom stereocenters. The van der Waals surface area contributed by atoms with Crippen molar-refractivity contribution in [3.05, 3.63) is 46.9 Å². The van der Waals surface area contributed by atoms with Crippen LogP contribution in [0.3, 0.4) is 0 Å². The number of hydrogen-bond acceptors (Lipinski definition) is 5. The number of halogens is 4. The number of sulfonamides is 1. The Balaban J connectivity index is 1.94. The Kier molecular flexibility index (Phi) is 6.22. The standard InChI is InChI=1S/C19H22ClF3N4O2S/c1-19(10-26(2)3)7-8-27(11-19)13-9-12(21)18(17(23)16(13)20)30(28,29)25-15-6-4-5-14(22)24-15/h4-6,9H,7-8,10-11H2,1-3H3,(H,24,25). The number of rotatable bonds is 6. The van der Waals surface area contributed by atoms with E-state index in [0.717, 1.165) is 31.2 Å². The quantitative estimate of drug-likeness (QED) is 0.523. The Bertz CT molecular complexity index is 1070. The third-order valence-electron chi connectivity index (χ3n) is 4.92. The first-order valence-electron chi connectivity index (χ1n) is 9.14. The smallest absolute Gasteiger partial charge is 0.268 e. The van der Waals surface area contributed by atoms with Crippen molar-refractivity contribution in [2.24, 2.45) is 5.41 Å². The monoisotopic (exact) mass is 462 g/mol. The highest BCUT2D eigenvalue weighted by Crippen LogP contribution is 2.40. The van der Waals surface area contributed by atoms with Gasteiger partial charge in [-0.15, -0.1) is 0 Å². The summed E-state index contributed by atoms with van der Waals surface area (Å²) < 4.78 is 69.9. The summed E-state index contributed by atoms with van der Waals surface area (Å²) in [7, 11) is -0.842. The Morgan fingerprint density at radius 2 is 2.00 bits per heavy atom. The van der Waals surface area contributed by atoms with Crippen molar-refractivity contribution in [3.63, 3.8) is 0 Å². The van der Waals surface area contributed by atoms with Gasteiger partial charge in [-0.2, -0.15) is 4.39 Å². The summed E-state index contributed by atoms with van der Waals surface area (Å²) in [6.45, 7) is 3.90. The van der Waals surface area contributed by atoms with E-state index < -0.39 is 43.3 Å². The molecule has 0 spiro atoms. The molecule has 1 aromatic carbocycles. The van der Waals surface area contributed by atoms with Crippen LogP contribution in [0.4, 0.5) is 24.7 Å². The van der Waals surface area contributed by atoms with Gasteiger partial charge in [-0.1, -0.05) is 24.6 Å². The Morgan fingerprint density at radius 1 is 1.30 bits per heavy atom. The molecule has 0 radical (unpaired) electrons. The molecule has 1 atom stereocenters. The minimum atomic E-state index is -4.73. The molecule has 0 amide bonds. The number of benzene rings is 1. The van der Waals surface area contributed by atoms with Crippen LogP contribution in [-0.2, 0) is 10.0 Å². The summed E-state index contributed by atoms with van der Waals surface area (Å²) in [6.07, 6.45) is 0.789. The van der Waals surface area contributed by atoms with Crippen molar-refractivity contribution < 1.29 is 21.6 Å². The zero-order valence-corrected chi connectivity index (χ0v) is 18.3. The third kappa shape index (κ3) is 4.65. The first-order valence-corrected chi connectivity index (χ1v) is 11.0. The molecule has 2 aromatic rings. The van der Waals surface area contributed by atoms with Gasteiger partial charge in [-0.05, 0) is 38.1 Å². The zero-order valence-electron chi connectivity index (χ0n) is 16.7. The molecule has 30 heavy (non-hydrogen) atoms. The number of hydrogen-bond donors (Lipinski definition) is 1. The van der Waals surface area contributed by atoms with Crippen LogP contribution in [0.15, 0.2) is 29.2 Å². The van der Waals surface area contributed by atoms with Gasteiger partial charge in [0, 0.05) is 25.7 Å². The van der Waals surface area contributed by atoms with Gasteiger partial charge >= 0.3 is 0 Å². The van der Waals surface area contributed by atoms with Crippen LogP contribution in [0.2, 0.25) is 5.02 Å². The minimum absolute atomic E-state index is 0.0944. The van der Waals surface area contributed by atoms with Gasteiger partial charge in [-0.3, -0.25) is 4.72 Å². The fraction of sp³-hybridized carbons (Fsp3) is 0.421. The molecular formula is C19H22ClF3N4O2S. The highest BCUT2D eigenvalue weighted by atomic mass is 35.5. The van der Waals surface area contributed by atoms with Gasteiger partial charge in [0.25, 0.3) is 10.0 Å². The topological polar surface area (TPSA) is 65.5 Å². The van der Waals surface area contributed by atoms with Crippen molar-refractivity contribution in [2.45, 2.75) is 18.2 Å². The fourth-order valence-electron chi connectivity index (χ4n) is 3.82. The lowest BCUT2D eigenvalue weighted by atomic mass is 9.89. The zero-order chi connectivity index (χ0) is 22.3. The number of anilines is 2. The second-order valence-electron chi connectivity index (χ2n) is 8.01. The Hall–Kier alpha value is -2.04. The van der Waals surface area contributed by atoms with Crippen LogP contribution in [0.5, 0.6) is 0 Å². The predicted molar refractivity (Wildman–Crippen MR) is 110 cm³/mol. The van der Waals surface area contributed by atoms with Crippen molar-refractivity contribution >= 4 is 33.1 Å². The van der Waals surface area contributed by atoms with E-state index in [1.54, 1.807) is 4.90 Å². The molecule has 0 bridgehead atoms. The van der Waals surface area contributed by atoms with Gasteiger partial charge in [0.15, 0.2) is 10.7 Å². The van der Waals surface area contributed by atoms with E-state index in [1.807, 2.05) is 23.7 Å². The average molecular weight is 463 g/mol. The van der Waals surface area contributed by atoms with Crippen LogP contribution in [-0.4, -0.2) is 52.0 Å². The van der Waals surface area contributed by atoms with Crippen molar-refractivity contribution in [1.29, 1.82) is 0 Å². The van der Waals surface area contributed by atoms with Crippen LogP contribution in [0.25, 0.3) is 0 Å². The maximum absolute atomic E-state index is 14.9. The van der Waals surface area contributed by atoms with E-state index in [2.05, 4.69) is 11.9 Å². The van der Waals surface area contributed by atoms with E-state index in [0.29, 0.717) is 13.1 Å². The minimum Gasteiger partial charge on any atom is -0.370 e. The second-order valence-corrected chi connectivity index (χ2v) is 10.0. The van der Waals surface area contributed by atoms with Crippen LogP contribution < -0.4 is 9.62 Å². The molecule has 0 saturated carbocycles. The summed E-state index contributed by atoms with van der Waals surface area (Å²) >= 11 is 6.12. The largest absolute Gasteiger partial charge is 0.370 e. The number of pyridine rings is 1. The molecule has 1 aliphatic rings. The van der Waals surface area contributed by atoms with Crippen LogP contribution >= 0.6 is 11.6 Å². The van der Waals surface area contributed by atoms with E-state index in [-0.39, 0.29) is 11.1 Å². The van der Waals surface area contributed by atoms with Crippen molar-refractivity contribution in [2.75, 3.05) is 43.4 Å². The lowest BCUT2D eigenvalue weighted by Gasteiger charge is -2.29. The summed E-state index contributed by atoms with van der Waals surface area (Å²) in [6, 6.07) is 4.29.